The first kappa shape index (κ1) is 10.2. The van der Waals surface area contributed by atoms with Crippen LogP contribution in [0, 0.1) is 0 Å². The second-order valence-electron chi connectivity index (χ2n) is 3.17. The molecule has 0 saturated heterocycles. The highest BCUT2D eigenvalue weighted by Gasteiger charge is 2.04. The van der Waals surface area contributed by atoms with E-state index in [-0.39, 0.29) is 0 Å². The predicted octanol–water partition coefficient (Wildman–Crippen LogP) is 0.529. The summed E-state index contributed by atoms with van der Waals surface area (Å²) in [6, 6.07) is 0. The molecule has 4 heteroatoms. The molecule has 0 aliphatic heterocycles. The van der Waals surface area contributed by atoms with Gasteiger partial charge < -0.3 is 5.32 Å². The van der Waals surface area contributed by atoms with Gasteiger partial charge in [0.15, 0.2) is 5.82 Å². The number of rotatable bonds is 5. The summed E-state index contributed by atoms with van der Waals surface area (Å²) in [4.78, 5) is 4.45. The minimum atomic E-state index is 0.948. The van der Waals surface area contributed by atoms with Crippen LogP contribution in [0.3, 0.4) is 0 Å². The minimum Gasteiger partial charge on any atom is -0.319 e. The molecule has 0 unspecified atom stereocenters. The number of likely N-dealkylation sites (N-methyl/N-ethyl adjacent to an activating group) is 1. The molecule has 0 fully saturated rings. The summed E-state index contributed by atoms with van der Waals surface area (Å²) < 4.78 is 1.88. The fraction of sp³-hybridized carbons (Fsp3) is 0.778. The minimum absolute atomic E-state index is 0.948. The SMILES string of the molecule is CCCc1nc(CCNC)n(C)n1. The van der Waals surface area contributed by atoms with E-state index >= 15 is 0 Å². The Balaban J connectivity index is 2.60. The Kier molecular flexibility index (Phi) is 3.89. The molecule has 0 aromatic carbocycles. The van der Waals surface area contributed by atoms with Crippen molar-refractivity contribution in [3.63, 3.8) is 0 Å². The van der Waals surface area contributed by atoms with Crippen molar-refractivity contribution < 1.29 is 0 Å². The Morgan fingerprint density at radius 3 is 2.77 bits per heavy atom. The molecule has 0 aliphatic rings. The quantitative estimate of drug-likeness (QED) is 0.722. The maximum Gasteiger partial charge on any atom is 0.150 e. The average molecular weight is 182 g/mol. The lowest BCUT2D eigenvalue weighted by Crippen LogP contribution is -2.13. The van der Waals surface area contributed by atoms with Crippen molar-refractivity contribution >= 4 is 0 Å². The van der Waals surface area contributed by atoms with Gasteiger partial charge in [-0.1, -0.05) is 6.92 Å². The zero-order valence-corrected chi connectivity index (χ0v) is 8.67. The lowest BCUT2D eigenvalue weighted by atomic mass is 10.3. The molecule has 0 bridgehead atoms. The van der Waals surface area contributed by atoms with Crippen LogP contribution in [0.25, 0.3) is 0 Å². The first-order valence-corrected chi connectivity index (χ1v) is 4.81. The average Bonchev–Trinajstić information content (AvgIpc) is 2.44. The molecule has 1 heterocycles. The highest BCUT2D eigenvalue weighted by molar-refractivity contribution is 4.93. The van der Waals surface area contributed by atoms with Gasteiger partial charge in [0.05, 0.1) is 0 Å². The molecule has 1 aromatic rings. The van der Waals surface area contributed by atoms with Gasteiger partial charge in [0.1, 0.15) is 5.82 Å². The van der Waals surface area contributed by atoms with Crippen molar-refractivity contribution in [2.75, 3.05) is 13.6 Å². The third-order valence-electron chi connectivity index (χ3n) is 1.97. The van der Waals surface area contributed by atoms with E-state index in [0.29, 0.717) is 0 Å². The van der Waals surface area contributed by atoms with E-state index in [1.54, 1.807) is 0 Å². The first-order valence-electron chi connectivity index (χ1n) is 4.81. The summed E-state index contributed by atoms with van der Waals surface area (Å²) in [5.74, 6) is 2.04. The smallest absolute Gasteiger partial charge is 0.150 e. The van der Waals surface area contributed by atoms with Crippen LogP contribution in [0.2, 0.25) is 0 Å². The molecule has 13 heavy (non-hydrogen) atoms. The summed E-state index contributed by atoms with van der Waals surface area (Å²) in [7, 11) is 3.90. The molecule has 0 saturated carbocycles. The van der Waals surface area contributed by atoms with Crippen LogP contribution < -0.4 is 5.32 Å². The van der Waals surface area contributed by atoms with Gasteiger partial charge in [0.2, 0.25) is 0 Å². The van der Waals surface area contributed by atoms with Gasteiger partial charge in [-0.3, -0.25) is 4.68 Å². The summed E-state index contributed by atoms with van der Waals surface area (Å²) in [5, 5.41) is 7.43. The van der Waals surface area contributed by atoms with E-state index in [0.717, 1.165) is 37.5 Å². The van der Waals surface area contributed by atoms with Gasteiger partial charge in [0.25, 0.3) is 0 Å². The topological polar surface area (TPSA) is 42.7 Å². The van der Waals surface area contributed by atoms with Gasteiger partial charge in [-0.15, -0.1) is 0 Å². The predicted molar refractivity (Wildman–Crippen MR) is 52.6 cm³/mol. The van der Waals surface area contributed by atoms with Crippen LogP contribution in [0.5, 0.6) is 0 Å². The second-order valence-corrected chi connectivity index (χ2v) is 3.17. The van der Waals surface area contributed by atoms with E-state index in [2.05, 4.69) is 22.3 Å². The standard InChI is InChI=1S/C9H18N4/c1-4-5-8-11-9(6-7-10-2)13(3)12-8/h10H,4-7H2,1-3H3. The van der Waals surface area contributed by atoms with Crippen LogP contribution in [0.1, 0.15) is 25.0 Å². The number of nitrogens with one attached hydrogen (secondary N) is 1. The van der Waals surface area contributed by atoms with Crippen LogP contribution in [-0.2, 0) is 19.9 Å². The summed E-state index contributed by atoms with van der Waals surface area (Å²) in [5.41, 5.74) is 0. The number of hydrogen-bond acceptors (Lipinski definition) is 3. The molecule has 0 aliphatic carbocycles. The Labute approximate surface area is 79.4 Å². The zero-order valence-electron chi connectivity index (χ0n) is 8.67. The molecule has 0 radical (unpaired) electrons. The Morgan fingerprint density at radius 1 is 1.38 bits per heavy atom. The fourth-order valence-corrected chi connectivity index (χ4v) is 1.26. The summed E-state index contributed by atoms with van der Waals surface area (Å²) in [6.07, 6.45) is 3.03. The third-order valence-corrected chi connectivity index (χ3v) is 1.97. The molecule has 0 atom stereocenters. The highest BCUT2D eigenvalue weighted by atomic mass is 15.3. The van der Waals surface area contributed by atoms with Crippen molar-refractivity contribution in [2.45, 2.75) is 26.2 Å². The zero-order chi connectivity index (χ0) is 9.68. The molecule has 0 amide bonds. The van der Waals surface area contributed by atoms with Crippen LogP contribution in [-0.4, -0.2) is 28.4 Å². The molecule has 1 aromatic heterocycles. The Morgan fingerprint density at radius 2 is 2.15 bits per heavy atom. The van der Waals surface area contributed by atoms with E-state index in [1.165, 1.54) is 0 Å². The molecular weight excluding hydrogens is 164 g/mol. The van der Waals surface area contributed by atoms with Gasteiger partial charge in [0, 0.05) is 26.4 Å². The van der Waals surface area contributed by atoms with Gasteiger partial charge in [-0.05, 0) is 13.5 Å². The number of hydrogen-bond donors (Lipinski definition) is 1. The lowest BCUT2D eigenvalue weighted by Gasteiger charge is -1.97. The van der Waals surface area contributed by atoms with E-state index in [1.807, 2.05) is 18.8 Å². The van der Waals surface area contributed by atoms with Gasteiger partial charge in [-0.25, -0.2) is 4.98 Å². The maximum atomic E-state index is 4.45. The fourth-order valence-electron chi connectivity index (χ4n) is 1.26. The number of nitrogens with zero attached hydrogens (tertiary/aromatic N) is 3. The molecular formula is C9H18N4. The van der Waals surface area contributed by atoms with Gasteiger partial charge in [-0.2, -0.15) is 5.10 Å². The summed E-state index contributed by atoms with van der Waals surface area (Å²) in [6.45, 7) is 3.10. The van der Waals surface area contributed by atoms with Crippen LogP contribution in [0.15, 0.2) is 0 Å². The number of aryl methyl sites for hydroxylation is 2. The number of aromatic nitrogens is 3. The Bertz CT molecular complexity index is 254. The van der Waals surface area contributed by atoms with E-state index < -0.39 is 0 Å². The van der Waals surface area contributed by atoms with E-state index in [4.69, 9.17) is 0 Å². The normalized spacial score (nSPS) is 10.7. The van der Waals surface area contributed by atoms with Crippen molar-refractivity contribution in [3.8, 4) is 0 Å². The van der Waals surface area contributed by atoms with Gasteiger partial charge >= 0.3 is 0 Å². The van der Waals surface area contributed by atoms with Crippen molar-refractivity contribution in [3.05, 3.63) is 11.6 Å². The van der Waals surface area contributed by atoms with Crippen molar-refractivity contribution in [1.29, 1.82) is 0 Å². The van der Waals surface area contributed by atoms with E-state index in [9.17, 15) is 0 Å². The molecule has 1 rings (SSSR count). The largest absolute Gasteiger partial charge is 0.319 e. The molecule has 0 spiro atoms. The summed E-state index contributed by atoms with van der Waals surface area (Å²) >= 11 is 0. The second kappa shape index (κ2) is 4.97. The highest BCUT2D eigenvalue weighted by Crippen LogP contribution is 1.99. The van der Waals surface area contributed by atoms with Crippen LogP contribution >= 0.6 is 0 Å². The van der Waals surface area contributed by atoms with Crippen LogP contribution in [0.4, 0.5) is 0 Å². The monoisotopic (exact) mass is 182 g/mol. The Hall–Kier alpha value is -0.900. The molecule has 1 N–H and O–H groups in total. The lowest BCUT2D eigenvalue weighted by molar-refractivity contribution is 0.665. The molecule has 4 nitrogen and oxygen atoms in total. The van der Waals surface area contributed by atoms with Crippen molar-refractivity contribution in [2.24, 2.45) is 7.05 Å². The molecule has 74 valence electrons. The third kappa shape index (κ3) is 2.81. The maximum absolute atomic E-state index is 4.45. The first-order chi connectivity index (χ1) is 6.27. The van der Waals surface area contributed by atoms with Crippen molar-refractivity contribution in [1.82, 2.24) is 20.1 Å².